The molecule has 29 heavy (non-hydrogen) atoms. The Hall–Kier alpha value is -1.90. The molecule has 158 valence electrons. The highest BCUT2D eigenvalue weighted by Crippen LogP contribution is 2.28. The molecule has 0 amide bonds. The van der Waals surface area contributed by atoms with Crippen molar-refractivity contribution in [2.24, 2.45) is 11.8 Å². The first-order valence-corrected chi connectivity index (χ1v) is 12.6. The average Bonchev–Trinajstić information content (AvgIpc) is 2.63. The number of nitrogens with one attached hydrogen (secondary N) is 1. The lowest BCUT2D eigenvalue weighted by Crippen LogP contribution is -2.42. The first-order chi connectivity index (χ1) is 13.5. The molecular formula is C21H28N2O4S2. The van der Waals surface area contributed by atoms with E-state index in [1.807, 2.05) is 13.0 Å². The van der Waals surface area contributed by atoms with Gasteiger partial charge < -0.3 is 0 Å². The van der Waals surface area contributed by atoms with Crippen molar-refractivity contribution in [1.29, 1.82) is 0 Å². The number of benzene rings is 2. The van der Waals surface area contributed by atoms with E-state index in [1.165, 1.54) is 28.6 Å². The summed E-state index contributed by atoms with van der Waals surface area (Å²) in [6.45, 7) is 8.71. The zero-order valence-electron chi connectivity index (χ0n) is 17.2. The summed E-state index contributed by atoms with van der Waals surface area (Å²) >= 11 is 0. The van der Waals surface area contributed by atoms with Gasteiger partial charge in [0.2, 0.25) is 10.0 Å². The zero-order chi connectivity index (χ0) is 21.4. The van der Waals surface area contributed by atoms with Crippen molar-refractivity contribution < 1.29 is 16.8 Å². The van der Waals surface area contributed by atoms with Gasteiger partial charge in [-0.05, 0) is 73.6 Å². The number of hydrogen-bond donors (Lipinski definition) is 1. The molecule has 2 aromatic carbocycles. The van der Waals surface area contributed by atoms with Crippen LogP contribution in [-0.2, 0) is 20.0 Å². The second-order valence-corrected chi connectivity index (χ2v) is 11.8. The number of anilines is 1. The number of piperidine rings is 1. The molecule has 1 saturated heterocycles. The highest BCUT2D eigenvalue weighted by Gasteiger charge is 2.31. The summed E-state index contributed by atoms with van der Waals surface area (Å²) in [5, 5.41) is 0. The van der Waals surface area contributed by atoms with E-state index in [-0.39, 0.29) is 9.79 Å². The molecule has 0 bridgehead atoms. The van der Waals surface area contributed by atoms with Gasteiger partial charge in [-0.25, -0.2) is 16.8 Å². The van der Waals surface area contributed by atoms with E-state index in [1.54, 1.807) is 19.1 Å². The molecule has 2 atom stereocenters. The second kappa shape index (κ2) is 8.08. The van der Waals surface area contributed by atoms with Gasteiger partial charge >= 0.3 is 0 Å². The van der Waals surface area contributed by atoms with Gasteiger partial charge in [-0.15, -0.1) is 0 Å². The normalized spacial score (nSPS) is 21.1. The molecular weight excluding hydrogens is 408 g/mol. The monoisotopic (exact) mass is 436 g/mol. The van der Waals surface area contributed by atoms with Gasteiger partial charge in [-0.3, -0.25) is 4.72 Å². The van der Waals surface area contributed by atoms with Crippen LogP contribution in [0.15, 0.2) is 52.3 Å². The van der Waals surface area contributed by atoms with Crippen molar-refractivity contribution >= 4 is 25.7 Å². The van der Waals surface area contributed by atoms with E-state index in [0.717, 1.165) is 12.0 Å². The lowest BCUT2D eigenvalue weighted by atomic mass is 9.94. The summed E-state index contributed by atoms with van der Waals surface area (Å²) in [4.78, 5) is 0.388. The Morgan fingerprint density at radius 2 is 1.48 bits per heavy atom. The molecule has 0 saturated carbocycles. The molecule has 0 spiro atoms. The van der Waals surface area contributed by atoms with E-state index in [2.05, 4.69) is 18.6 Å². The summed E-state index contributed by atoms with van der Waals surface area (Å²) in [7, 11) is -7.36. The number of nitrogens with zero attached hydrogens (tertiary/aromatic N) is 1. The van der Waals surface area contributed by atoms with Crippen LogP contribution in [0, 0.1) is 25.7 Å². The maximum absolute atomic E-state index is 13.0. The van der Waals surface area contributed by atoms with Crippen molar-refractivity contribution in [2.75, 3.05) is 17.8 Å². The van der Waals surface area contributed by atoms with Crippen LogP contribution in [0.4, 0.5) is 5.69 Å². The van der Waals surface area contributed by atoms with Gasteiger partial charge in [-0.1, -0.05) is 26.0 Å². The molecule has 6 nitrogen and oxygen atoms in total. The standard InChI is InChI=1S/C21H28N2O4S2/c1-15-5-6-18(4)21(12-15)28(24,25)22-19-7-9-20(10-8-19)29(26,27)23-13-16(2)11-17(3)14-23/h5-10,12,16-17,22H,11,13-14H2,1-4H3/t16-,17-/m1/s1. The van der Waals surface area contributed by atoms with E-state index >= 15 is 0 Å². The Morgan fingerprint density at radius 3 is 2.07 bits per heavy atom. The molecule has 1 fully saturated rings. The SMILES string of the molecule is Cc1ccc(C)c(S(=O)(=O)Nc2ccc(S(=O)(=O)N3C[C@H](C)C[C@@H](C)C3)cc2)c1. The topological polar surface area (TPSA) is 83.5 Å². The minimum absolute atomic E-state index is 0.175. The first-order valence-electron chi connectivity index (χ1n) is 9.69. The largest absolute Gasteiger partial charge is 0.280 e. The summed E-state index contributed by atoms with van der Waals surface area (Å²) in [6.07, 6.45) is 1.02. The van der Waals surface area contributed by atoms with Gasteiger partial charge in [0, 0.05) is 18.8 Å². The van der Waals surface area contributed by atoms with Crippen molar-refractivity contribution in [3.05, 3.63) is 53.6 Å². The Kier molecular flexibility index (Phi) is 6.08. The Balaban J connectivity index is 1.82. The summed E-state index contributed by atoms with van der Waals surface area (Å²) < 4.78 is 55.5. The Labute approximate surface area is 174 Å². The quantitative estimate of drug-likeness (QED) is 0.773. The van der Waals surface area contributed by atoms with Crippen LogP contribution in [0.2, 0.25) is 0 Å². The number of sulfonamides is 2. The van der Waals surface area contributed by atoms with Gasteiger partial charge in [-0.2, -0.15) is 4.31 Å². The first kappa shape index (κ1) is 21.8. The number of hydrogen-bond acceptors (Lipinski definition) is 4. The molecule has 0 aromatic heterocycles. The molecule has 8 heteroatoms. The molecule has 3 rings (SSSR count). The van der Waals surface area contributed by atoms with E-state index < -0.39 is 20.0 Å². The smallest absolute Gasteiger partial charge is 0.262 e. The predicted molar refractivity (Wildman–Crippen MR) is 115 cm³/mol. The zero-order valence-corrected chi connectivity index (χ0v) is 18.8. The highest BCUT2D eigenvalue weighted by molar-refractivity contribution is 7.92. The molecule has 1 heterocycles. The highest BCUT2D eigenvalue weighted by atomic mass is 32.2. The number of rotatable bonds is 5. The van der Waals surface area contributed by atoms with Crippen LogP contribution in [0.5, 0.6) is 0 Å². The lowest BCUT2D eigenvalue weighted by Gasteiger charge is -2.34. The van der Waals surface area contributed by atoms with Gasteiger partial charge in [0.05, 0.1) is 9.79 Å². The molecule has 0 unspecified atom stereocenters. The maximum Gasteiger partial charge on any atom is 0.262 e. The minimum atomic E-state index is -3.76. The van der Waals surface area contributed by atoms with Crippen molar-refractivity contribution in [2.45, 2.75) is 43.9 Å². The van der Waals surface area contributed by atoms with Crippen LogP contribution in [0.1, 0.15) is 31.4 Å². The van der Waals surface area contributed by atoms with Gasteiger partial charge in [0.25, 0.3) is 10.0 Å². The maximum atomic E-state index is 13.0. The predicted octanol–water partition coefficient (Wildman–Crippen LogP) is 3.77. The molecule has 2 aromatic rings. The van der Waals surface area contributed by atoms with Crippen LogP contribution < -0.4 is 4.72 Å². The van der Waals surface area contributed by atoms with Crippen LogP contribution in [-0.4, -0.2) is 34.2 Å². The minimum Gasteiger partial charge on any atom is -0.280 e. The summed E-state index contributed by atoms with van der Waals surface area (Å²) in [6, 6.07) is 11.1. The molecule has 1 aliphatic heterocycles. The van der Waals surface area contributed by atoms with Crippen molar-refractivity contribution in [3.63, 3.8) is 0 Å². The molecule has 0 aliphatic carbocycles. The fraction of sp³-hybridized carbons (Fsp3) is 0.429. The van der Waals surface area contributed by atoms with Crippen LogP contribution in [0.25, 0.3) is 0 Å². The third kappa shape index (κ3) is 4.82. The van der Waals surface area contributed by atoms with E-state index in [9.17, 15) is 16.8 Å². The van der Waals surface area contributed by atoms with E-state index in [0.29, 0.717) is 36.2 Å². The van der Waals surface area contributed by atoms with Crippen molar-refractivity contribution in [1.82, 2.24) is 4.31 Å². The van der Waals surface area contributed by atoms with Crippen molar-refractivity contribution in [3.8, 4) is 0 Å². The molecule has 1 N–H and O–H groups in total. The average molecular weight is 437 g/mol. The second-order valence-electron chi connectivity index (χ2n) is 8.17. The fourth-order valence-corrected chi connectivity index (χ4v) is 6.92. The summed E-state index contributed by atoms with van der Waals surface area (Å²) in [5.41, 5.74) is 1.82. The van der Waals surface area contributed by atoms with Crippen LogP contribution >= 0.6 is 0 Å². The molecule has 0 radical (unpaired) electrons. The van der Waals surface area contributed by atoms with Crippen LogP contribution in [0.3, 0.4) is 0 Å². The summed E-state index contributed by atoms with van der Waals surface area (Å²) in [5.74, 6) is 0.634. The molecule has 1 aliphatic rings. The van der Waals surface area contributed by atoms with Gasteiger partial charge in [0.1, 0.15) is 0 Å². The number of aryl methyl sites for hydroxylation is 2. The fourth-order valence-electron chi connectivity index (χ4n) is 3.85. The van der Waals surface area contributed by atoms with Gasteiger partial charge in [0.15, 0.2) is 0 Å². The third-order valence-corrected chi connectivity index (χ3v) is 8.58. The van der Waals surface area contributed by atoms with E-state index in [4.69, 9.17) is 0 Å². The third-order valence-electron chi connectivity index (χ3n) is 5.21. The Bertz CT molecular complexity index is 1080. The lowest BCUT2D eigenvalue weighted by molar-refractivity contribution is 0.222. The Morgan fingerprint density at radius 1 is 0.897 bits per heavy atom.